The average molecular weight is 262 g/mol. The molecule has 19 heavy (non-hydrogen) atoms. The maximum Gasteiger partial charge on any atom is 0.161 e. The summed E-state index contributed by atoms with van der Waals surface area (Å²) in [7, 11) is 3.22. The van der Waals surface area contributed by atoms with E-state index >= 15 is 0 Å². The van der Waals surface area contributed by atoms with E-state index in [0.717, 1.165) is 30.3 Å². The first-order chi connectivity index (χ1) is 9.26. The number of methoxy groups -OCH3 is 2. The van der Waals surface area contributed by atoms with Gasteiger partial charge in [0.25, 0.3) is 0 Å². The van der Waals surface area contributed by atoms with E-state index in [1.165, 1.54) is 12.8 Å². The maximum atomic E-state index is 10.8. The van der Waals surface area contributed by atoms with Crippen LogP contribution >= 0.6 is 0 Å². The Morgan fingerprint density at radius 2 is 1.89 bits per heavy atom. The van der Waals surface area contributed by atoms with Gasteiger partial charge in [0.05, 0.1) is 14.2 Å². The molecule has 0 saturated heterocycles. The van der Waals surface area contributed by atoms with Crippen LogP contribution in [0.4, 0.5) is 0 Å². The van der Waals surface area contributed by atoms with Crippen LogP contribution in [0.2, 0.25) is 0 Å². The number of unbranched alkanes of at least 4 members (excludes halogenated alkanes) is 2. The van der Waals surface area contributed by atoms with Gasteiger partial charge in [-0.2, -0.15) is 0 Å². The van der Waals surface area contributed by atoms with Crippen molar-refractivity contribution >= 4 is 11.9 Å². The Morgan fingerprint density at radius 1 is 1.16 bits per heavy atom. The summed E-state index contributed by atoms with van der Waals surface area (Å²) in [4.78, 5) is 10.8. The minimum absolute atomic E-state index is 0.687. The van der Waals surface area contributed by atoms with Crippen molar-refractivity contribution in [2.75, 3.05) is 14.2 Å². The number of rotatable bonds is 8. The smallest absolute Gasteiger partial charge is 0.161 e. The molecule has 0 N–H and O–H groups in total. The lowest BCUT2D eigenvalue weighted by Crippen LogP contribution is -1.93. The van der Waals surface area contributed by atoms with Crippen LogP contribution in [0.5, 0.6) is 11.5 Å². The van der Waals surface area contributed by atoms with Crippen LogP contribution in [0.25, 0.3) is 5.57 Å². The summed E-state index contributed by atoms with van der Waals surface area (Å²) in [5.74, 6) is 1.39. The van der Waals surface area contributed by atoms with Gasteiger partial charge in [0.15, 0.2) is 11.5 Å². The van der Waals surface area contributed by atoms with E-state index in [1.54, 1.807) is 20.3 Å². The first kappa shape index (κ1) is 15.3. The van der Waals surface area contributed by atoms with Gasteiger partial charge in [0.2, 0.25) is 0 Å². The van der Waals surface area contributed by atoms with E-state index in [9.17, 15) is 4.79 Å². The van der Waals surface area contributed by atoms with E-state index in [2.05, 4.69) is 6.92 Å². The first-order valence-corrected chi connectivity index (χ1v) is 6.63. The van der Waals surface area contributed by atoms with E-state index in [4.69, 9.17) is 9.47 Å². The van der Waals surface area contributed by atoms with Crippen molar-refractivity contribution in [3.8, 4) is 11.5 Å². The number of hydrogen-bond donors (Lipinski definition) is 0. The molecule has 0 fully saturated rings. The summed E-state index contributed by atoms with van der Waals surface area (Å²) < 4.78 is 10.5. The van der Waals surface area contributed by atoms with Crippen molar-refractivity contribution < 1.29 is 14.3 Å². The molecule has 0 aliphatic heterocycles. The van der Waals surface area contributed by atoms with Gasteiger partial charge in [-0.15, -0.1) is 0 Å². The predicted molar refractivity (Wildman–Crippen MR) is 77.7 cm³/mol. The highest BCUT2D eigenvalue weighted by Gasteiger charge is 2.08. The Kier molecular flexibility index (Phi) is 6.72. The molecule has 1 aromatic rings. The van der Waals surface area contributed by atoms with Crippen LogP contribution in [0.1, 0.15) is 38.2 Å². The van der Waals surface area contributed by atoms with Crippen LogP contribution < -0.4 is 9.47 Å². The summed E-state index contributed by atoms with van der Waals surface area (Å²) in [6.07, 6.45) is 6.81. The average Bonchev–Trinajstić information content (AvgIpc) is 2.45. The van der Waals surface area contributed by atoms with Gasteiger partial charge in [-0.3, -0.25) is 4.79 Å². The zero-order valence-corrected chi connectivity index (χ0v) is 11.9. The lowest BCUT2D eigenvalue weighted by molar-refractivity contribution is -0.104. The first-order valence-electron chi connectivity index (χ1n) is 6.63. The number of carbonyl (C=O) groups excluding carboxylic acids is 1. The topological polar surface area (TPSA) is 35.5 Å². The standard InChI is InChI=1S/C16H22O3/c1-4-5-6-7-13(10-11-17)14-8-9-15(18-2)16(12-14)19-3/h8-12H,4-7H2,1-3H3/b13-10-. The fraction of sp³-hybridized carbons (Fsp3) is 0.438. The molecule has 0 aliphatic carbocycles. The van der Waals surface area contributed by atoms with Gasteiger partial charge in [-0.1, -0.05) is 25.8 Å². The molecule has 0 radical (unpaired) electrons. The molecule has 1 aromatic carbocycles. The third-order valence-electron chi connectivity index (χ3n) is 3.07. The van der Waals surface area contributed by atoms with Crippen LogP contribution in [0, 0.1) is 0 Å². The largest absolute Gasteiger partial charge is 0.493 e. The third kappa shape index (κ3) is 4.43. The summed E-state index contributed by atoms with van der Waals surface area (Å²) >= 11 is 0. The number of ether oxygens (including phenoxy) is 2. The van der Waals surface area contributed by atoms with Gasteiger partial charge in [-0.25, -0.2) is 0 Å². The second-order valence-electron chi connectivity index (χ2n) is 4.35. The fourth-order valence-electron chi connectivity index (χ4n) is 2.01. The molecular formula is C16H22O3. The Labute approximate surface area is 115 Å². The SMILES string of the molecule is CCCCC/C(=C/C=O)c1ccc(OC)c(OC)c1. The quantitative estimate of drug-likeness (QED) is 0.405. The molecule has 1 rings (SSSR count). The number of allylic oxidation sites excluding steroid dienone is 2. The third-order valence-corrected chi connectivity index (χ3v) is 3.07. The second-order valence-corrected chi connectivity index (χ2v) is 4.35. The monoisotopic (exact) mass is 262 g/mol. The molecule has 0 aromatic heterocycles. The zero-order valence-electron chi connectivity index (χ0n) is 11.9. The zero-order chi connectivity index (χ0) is 14.1. The van der Waals surface area contributed by atoms with Crippen molar-refractivity contribution in [3.63, 3.8) is 0 Å². The van der Waals surface area contributed by atoms with Crippen molar-refractivity contribution in [2.24, 2.45) is 0 Å². The number of benzene rings is 1. The van der Waals surface area contributed by atoms with E-state index in [0.29, 0.717) is 11.5 Å². The van der Waals surface area contributed by atoms with E-state index in [1.807, 2.05) is 18.2 Å². The van der Waals surface area contributed by atoms with Crippen molar-refractivity contribution in [3.05, 3.63) is 29.8 Å². The molecule has 0 amide bonds. The molecule has 0 saturated carbocycles. The van der Waals surface area contributed by atoms with Gasteiger partial charge in [0, 0.05) is 0 Å². The summed E-state index contributed by atoms with van der Waals surface area (Å²) in [5.41, 5.74) is 2.06. The van der Waals surface area contributed by atoms with Gasteiger partial charge in [0.1, 0.15) is 6.29 Å². The van der Waals surface area contributed by atoms with Gasteiger partial charge >= 0.3 is 0 Å². The second kappa shape index (κ2) is 8.35. The summed E-state index contributed by atoms with van der Waals surface area (Å²) in [6.45, 7) is 2.17. The van der Waals surface area contributed by atoms with Crippen LogP contribution in [-0.4, -0.2) is 20.5 Å². The highest BCUT2D eigenvalue weighted by atomic mass is 16.5. The molecule has 0 heterocycles. The molecule has 104 valence electrons. The highest BCUT2D eigenvalue weighted by molar-refractivity contribution is 5.82. The van der Waals surface area contributed by atoms with Crippen LogP contribution in [-0.2, 0) is 4.79 Å². The lowest BCUT2D eigenvalue weighted by atomic mass is 9.99. The Hall–Kier alpha value is -1.77. The predicted octanol–water partition coefficient (Wildman–Crippen LogP) is 3.87. The summed E-state index contributed by atoms with van der Waals surface area (Å²) in [6, 6.07) is 5.75. The van der Waals surface area contributed by atoms with E-state index in [-0.39, 0.29) is 0 Å². The van der Waals surface area contributed by atoms with Crippen LogP contribution in [0.3, 0.4) is 0 Å². The van der Waals surface area contributed by atoms with Crippen molar-refractivity contribution in [1.29, 1.82) is 0 Å². The number of hydrogen-bond acceptors (Lipinski definition) is 3. The van der Waals surface area contributed by atoms with Crippen molar-refractivity contribution in [2.45, 2.75) is 32.6 Å². The molecule has 3 heteroatoms. The Bertz CT molecular complexity index is 436. The van der Waals surface area contributed by atoms with Gasteiger partial charge < -0.3 is 9.47 Å². The molecule has 0 atom stereocenters. The Balaban J connectivity index is 2.96. The fourth-order valence-corrected chi connectivity index (χ4v) is 2.01. The summed E-state index contributed by atoms with van der Waals surface area (Å²) in [5, 5.41) is 0. The molecule has 0 unspecified atom stereocenters. The molecule has 3 nitrogen and oxygen atoms in total. The Morgan fingerprint density at radius 3 is 2.47 bits per heavy atom. The van der Waals surface area contributed by atoms with E-state index < -0.39 is 0 Å². The number of carbonyl (C=O) groups is 1. The molecule has 0 spiro atoms. The maximum absolute atomic E-state index is 10.8. The minimum Gasteiger partial charge on any atom is -0.493 e. The minimum atomic E-state index is 0.687. The van der Waals surface area contributed by atoms with Crippen LogP contribution in [0.15, 0.2) is 24.3 Å². The normalized spacial score (nSPS) is 11.2. The highest BCUT2D eigenvalue weighted by Crippen LogP contribution is 2.31. The van der Waals surface area contributed by atoms with Gasteiger partial charge in [-0.05, 0) is 42.2 Å². The molecule has 0 bridgehead atoms. The number of aldehydes is 1. The molecule has 0 aliphatic rings. The lowest BCUT2D eigenvalue weighted by Gasteiger charge is -2.11. The van der Waals surface area contributed by atoms with Crippen molar-refractivity contribution in [1.82, 2.24) is 0 Å². The molecular weight excluding hydrogens is 240 g/mol.